The molecule has 0 atom stereocenters. The minimum Gasteiger partial charge on any atom is -0.497 e. The van der Waals surface area contributed by atoms with E-state index in [2.05, 4.69) is 5.32 Å². The van der Waals surface area contributed by atoms with E-state index in [1.807, 2.05) is 49.4 Å². The summed E-state index contributed by atoms with van der Waals surface area (Å²) in [5, 5.41) is 4.07. The van der Waals surface area contributed by atoms with Crippen LogP contribution in [0.5, 0.6) is 5.75 Å². The fourth-order valence-electron chi connectivity index (χ4n) is 3.71. The Morgan fingerprint density at radius 3 is 2.56 bits per heavy atom. The van der Waals surface area contributed by atoms with Crippen molar-refractivity contribution in [3.05, 3.63) is 88.7 Å². The van der Waals surface area contributed by atoms with Crippen molar-refractivity contribution < 1.29 is 13.9 Å². The van der Waals surface area contributed by atoms with E-state index in [1.165, 1.54) is 16.3 Å². The van der Waals surface area contributed by atoms with Gasteiger partial charge in [-0.3, -0.25) is 14.2 Å². The van der Waals surface area contributed by atoms with Crippen LogP contribution in [-0.4, -0.2) is 28.3 Å². The number of carbonyl (C=O) groups excluding carboxylic acids is 1. The molecule has 0 radical (unpaired) electrons. The predicted octanol–water partition coefficient (Wildman–Crippen LogP) is 5.18. The van der Waals surface area contributed by atoms with E-state index in [4.69, 9.17) is 14.1 Å². The van der Waals surface area contributed by atoms with Crippen molar-refractivity contribution >= 4 is 45.4 Å². The van der Waals surface area contributed by atoms with Crippen molar-refractivity contribution in [3.63, 3.8) is 0 Å². The van der Waals surface area contributed by atoms with Crippen LogP contribution in [0.3, 0.4) is 0 Å². The summed E-state index contributed by atoms with van der Waals surface area (Å²) >= 11 is 1.19. The van der Waals surface area contributed by atoms with Crippen LogP contribution >= 0.6 is 11.8 Å². The molecule has 5 aromatic rings. The third-order valence-corrected chi connectivity index (χ3v) is 6.39. The molecule has 2 aromatic heterocycles. The van der Waals surface area contributed by atoms with E-state index in [0.29, 0.717) is 27.7 Å². The topological polar surface area (TPSA) is 86.4 Å². The number of carbonyl (C=O) groups is 1. The van der Waals surface area contributed by atoms with Gasteiger partial charge in [0, 0.05) is 11.1 Å². The number of methoxy groups -OCH3 is 1. The standard InChI is InChI=1S/C26H21N3O4S/c1-16-7-3-5-9-20(16)27-22(30)15-34-26-28-23-19-8-4-6-10-21(19)33-24(23)25(31)29(26)17-11-13-18(32-2)14-12-17/h3-14H,15H2,1-2H3,(H,27,30). The van der Waals surface area contributed by atoms with Gasteiger partial charge in [0.1, 0.15) is 16.8 Å². The number of hydrogen-bond donors (Lipinski definition) is 1. The van der Waals surface area contributed by atoms with Gasteiger partial charge < -0.3 is 14.5 Å². The van der Waals surface area contributed by atoms with Crippen LogP contribution in [0, 0.1) is 6.92 Å². The van der Waals surface area contributed by atoms with Crippen molar-refractivity contribution in [2.75, 3.05) is 18.2 Å². The molecule has 170 valence electrons. The number of nitrogens with one attached hydrogen (secondary N) is 1. The fraction of sp³-hybridized carbons (Fsp3) is 0.115. The van der Waals surface area contributed by atoms with Gasteiger partial charge in [-0.1, -0.05) is 42.1 Å². The molecule has 7 nitrogen and oxygen atoms in total. The monoisotopic (exact) mass is 471 g/mol. The molecule has 0 saturated heterocycles. The first-order valence-electron chi connectivity index (χ1n) is 10.6. The van der Waals surface area contributed by atoms with Crippen molar-refractivity contribution in [2.24, 2.45) is 0 Å². The van der Waals surface area contributed by atoms with Gasteiger partial charge in [0.05, 0.1) is 18.6 Å². The number of hydrogen-bond acceptors (Lipinski definition) is 6. The number of rotatable bonds is 6. The molecule has 0 fully saturated rings. The maximum absolute atomic E-state index is 13.5. The van der Waals surface area contributed by atoms with Gasteiger partial charge in [-0.25, -0.2) is 4.98 Å². The Bertz CT molecular complexity index is 1570. The Morgan fingerprint density at radius 2 is 1.79 bits per heavy atom. The van der Waals surface area contributed by atoms with Gasteiger partial charge in [0.25, 0.3) is 0 Å². The second-order valence-electron chi connectivity index (χ2n) is 7.66. The first kappa shape index (κ1) is 21.8. The molecular weight excluding hydrogens is 450 g/mol. The summed E-state index contributed by atoms with van der Waals surface area (Å²) in [7, 11) is 1.58. The minimum atomic E-state index is -0.340. The number of para-hydroxylation sites is 2. The van der Waals surface area contributed by atoms with Gasteiger partial charge in [-0.2, -0.15) is 0 Å². The van der Waals surface area contributed by atoms with Crippen LogP contribution in [-0.2, 0) is 4.79 Å². The Labute approximate surface area is 199 Å². The van der Waals surface area contributed by atoms with Crippen molar-refractivity contribution in [1.29, 1.82) is 0 Å². The molecule has 34 heavy (non-hydrogen) atoms. The molecule has 1 N–H and O–H groups in total. The number of fused-ring (bicyclic) bond motifs is 3. The van der Waals surface area contributed by atoms with E-state index in [0.717, 1.165) is 16.6 Å². The summed E-state index contributed by atoms with van der Waals surface area (Å²) in [5.74, 6) is 0.562. The predicted molar refractivity (Wildman–Crippen MR) is 134 cm³/mol. The van der Waals surface area contributed by atoms with Crippen molar-refractivity contribution in [2.45, 2.75) is 12.1 Å². The number of amides is 1. The van der Waals surface area contributed by atoms with Crippen LogP contribution in [0.4, 0.5) is 5.69 Å². The summed E-state index contributed by atoms with van der Waals surface area (Å²) in [4.78, 5) is 31.0. The molecule has 8 heteroatoms. The molecule has 0 aliphatic rings. The molecule has 0 spiro atoms. The molecule has 0 bridgehead atoms. The summed E-state index contributed by atoms with van der Waals surface area (Å²) in [6.45, 7) is 1.93. The second-order valence-corrected chi connectivity index (χ2v) is 8.60. The largest absolute Gasteiger partial charge is 0.497 e. The highest BCUT2D eigenvalue weighted by Crippen LogP contribution is 2.29. The van der Waals surface area contributed by atoms with Crippen molar-refractivity contribution in [1.82, 2.24) is 9.55 Å². The average molecular weight is 472 g/mol. The van der Waals surface area contributed by atoms with E-state index >= 15 is 0 Å². The van der Waals surface area contributed by atoms with Crippen LogP contribution < -0.4 is 15.6 Å². The highest BCUT2D eigenvalue weighted by Gasteiger charge is 2.20. The molecule has 1 amide bonds. The Morgan fingerprint density at radius 1 is 1.06 bits per heavy atom. The van der Waals surface area contributed by atoms with Gasteiger partial charge in [-0.15, -0.1) is 0 Å². The van der Waals surface area contributed by atoms with Gasteiger partial charge >= 0.3 is 5.56 Å². The van der Waals surface area contributed by atoms with Crippen molar-refractivity contribution in [3.8, 4) is 11.4 Å². The lowest BCUT2D eigenvalue weighted by Crippen LogP contribution is -2.22. The average Bonchev–Trinajstić information content (AvgIpc) is 3.23. The van der Waals surface area contributed by atoms with Gasteiger partial charge in [0.2, 0.25) is 11.5 Å². The van der Waals surface area contributed by atoms with E-state index < -0.39 is 0 Å². The Balaban J connectivity index is 1.56. The van der Waals surface area contributed by atoms with Gasteiger partial charge in [-0.05, 0) is 55.0 Å². The Hall–Kier alpha value is -4.04. The second kappa shape index (κ2) is 9.07. The lowest BCUT2D eigenvalue weighted by molar-refractivity contribution is -0.113. The number of thioether (sulfide) groups is 1. The van der Waals surface area contributed by atoms with Crippen LogP contribution in [0.25, 0.3) is 27.8 Å². The number of ether oxygens (including phenoxy) is 1. The highest BCUT2D eigenvalue weighted by atomic mass is 32.2. The number of aromatic nitrogens is 2. The number of nitrogens with zero attached hydrogens (tertiary/aromatic N) is 2. The third kappa shape index (κ3) is 4.04. The number of furan rings is 1. The summed E-state index contributed by atoms with van der Waals surface area (Å²) in [6, 6.07) is 22.0. The first-order valence-corrected chi connectivity index (χ1v) is 11.6. The smallest absolute Gasteiger partial charge is 0.302 e. The normalized spacial score (nSPS) is 11.1. The van der Waals surface area contributed by atoms with Crippen LogP contribution in [0.1, 0.15) is 5.56 Å². The van der Waals surface area contributed by atoms with E-state index in [9.17, 15) is 9.59 Å². The summed E-state index contributed by atoms with van der Waals surface area (Å²) < 4.78 is 12.6. The first-order chi connectivity index (χ1) is 16.5. The quantitative estimate of drug-likeness (QED) is 0.271. The molecule has 0 saturated carbocycles. The molecule has 0 aliphatic carbocycles. The number of anilines is 1. The zero-order valence-electron chi connectivity index (χ0n) is 18.6. The van der Waals surface area contributed by atoms with E-state index in [-0.39, 0.29) is 22.8 Å². The maximum atomic E-state index is 13.5. The van der Waals surface area contributed by atoms with Crippen LogP contribution in [0.15, 0.2) is 87.2 Å². The molecule has 0 unspecified atom stereocenters. The molecule has 0 aliphatic heterocycles. The lowest BCUT2D eigenvalue weighted by atomic mass is 10.2. The fourth-order valence-corrected chi connectivity index (χ4v) is 4.51. The molecular formula is C26H21N3O4S. The minimum absolute atomic E-state index is 0.0816. The molecule has 2 heterocycles. The van der Waals surface area contributed by atoms with E-state index in [1.54, 1.807) is 37.4 Å². The molecule has 3 aromatic carbocycles. The Kier molecular flexibility index (Phi) is 5.81. The summed E-state index contributed by atoms with van der Waals surface area (Å²) in [6.07, 6.45) is 0. The zero-order chi connectivity index (χ0) is 23.7. The zero-order valence-corrected chi connectivity index (χ0v) is 19.4. The third-order valence-electron chi connectivity index (χ3n) is 5.45. The highest BCUT2D eigenvalue weighted by molar-refractivity contribution is 7.99. The lowest BCUT2D eigenvalue weighted by Gasteiger charge is -2.13. The van der Waals surface area contributed by atoms with Crippen LogP contribution in [0.2, 0.25) is 0 Å². The maximum Gasteiger partial charge on any atom is 0.302 e. The molecule has 5 rings (SSSR count). The number of benzene rings is 3. The van der Waals surface area contributed by atoms with Gasteiger partial charge in [0.15, 0.2) is 5.16 Å². The SMILES string of the molecule is COc1ccc(-n2c(SCC(=O)Nc3ccccc3C)nc3c(oc4ccccc43)c2=O)cc1. The number of aryl methyl sites for hydroxylation is 1. The summed E-state index contributed by atoms with van der Waals surface area (Å²) in [5.41, 5.74) is 3.22.